The van der Waals surface area contributed by atoms with Crippen LogP contribution in [0.25, 0.3) is 0 Å². The zero-order valence-electron chi connectivity index (χ0n) is 12.4. The van der Waals surface area contributed by atoms with Crippen molar-refractivity contribution >= 4 is 26.0 Å². The first kappa shape index (κ1) is 17.8. The van der Waals surface area contributed by atoms with Gasteiger partial charge in [-0.15, -0.1) is 0 Å². The van der Waals surface area contributed by atoms with E-state index in [1.165, 1.54) is 14.2 Å². The number of halogens is 3. The van der Waals surface area contributed by atoms with Gasteiger partial charge in [0.1, 0.15) is 17.4 Å². The van der Waals surface area contributed by atoms with Gasteiger partial charge in [0.2, 0.25) is 10.0 Å². The molecule has 0 heterocycles. The number of nitrogens with zero attached hydrogens (tertiary/aromatic N) is 1. The van der Waals surface area contributed by atoms with Gasteiger partial charge in [-0.05, 0) is 45.8 Å². The first-order valence-corrected chi connectivity index (χ1v) is 8.73. The third-order valence-corrected chi connectivity index (χ3v) is 5.77. The molecule has 0 radical (unpaired) electrons. The average molecular weight is 406 g/mol. The molecule has 0 N–H and O–H groups in total. The molecule has 0 spiro atoms. The van der Waals surface area contributed by atoms with Gasteiger partial charge < -0.3 is 4.74 Å². The third kappa shape index (κ3) is 3.88. The highest BCUT2D eigenvalue weighted by Gasteiger charge is 2.24. The molecule has 0 aliphatic rings. The van der Waals surface area contributed by atoms with E-state index in [0.717, 1.165) is 22.0 Å². The predicted molar refractivity (Wildman–Crippen MR) is 85.7 cm³/mol. The molecule has 0 saturated heterocycles. The summed E-state index contributed by atoms with van der Waals surface area (Å²) in [6.45, 7) is 0.0611. The molecule has 23 heavy (non-hydrogen) atoms. The van der Waals surface area contributed by atoms with Crippen LogP contribution in [0, 0.1) is 11.6 Å². The first-order chi connectivity index (χ1) is 10.8. The molecule has 0 aliphatic carbocycles. The van der Waals surface area contributed by atoms with Crippen molar-refractivity contribution in [3.63, 3.8) is 0 Å². The van der Waals surface area contributed by atoms with Gasteiger partial charge in [0.05, 0.1) is 16.5 Å². The van der Waals surface area contributed by atoms with E-state index in [9.17, 15) is 17.2 Å². The standard InChI is InChI=1S/C15H14BrF2NO3S/c1-19(9-10-3-5-11(22-2)6-4-10)23(20,21)12-7-13(17)15(16)14(18)8-12/h3-8H,9H2,1-2H3. The van der Waals surface area contributed by atoms with Crippen molar-refractivity contribution in [2.75, 3.05) is 14.2 Å². The van der Waals surface area contributed by atoms with Gasteiger partial charge in [-0.25, -0.2) is 17.2 Å². The summed E-state index contributed by atoms with van der Waals surface area (Å²) < 4.78 is 57.6. The maximum Gasteiger partial charge on any atom is 0.243 e. The van der Waals surface area contributed by atoms with Crippen LogP contribution in [0.4, 0.5) is 8.78 Å². The van der Waals surface area contributed by atoms with Gasteiger partial charge in [0.25, 0.3) is 0 Å². The van der Waals surface area contributed by atoms with E-state index in [1.54, 1.807) is 24.3 Å². The second kappa shape index (κ2) is 6.94. The van der Waals surface area contributed by atoms with Crippen molar-refractivity contribution in [2.24, 2.45) is 0 Å². The van der Waals surface area contributed by atoms with Crippen LogP contribution in [0.5, 0.6) is 5.75 Å². The summed E-state index contributed by atoms with van der Waals surface area (Å²) in [5.74, 6) is -1.29. The molecule has 0 bridgehead atoms. The molecule has 0 atom stereocenters. The van der Waals surface area contributed by atoms with Crippen LogP contribution < -0.4 is 4.74 Å². The van der Waals surface area contributed by atoms with Crippen molar-refractivity contribution in [2.45, 2.75) is 11.4 Å². The molecule has 0 aliphatic heterocycles. The van der Waals surface area contributed by atoms with Crippen LogP contribution in [0.2, 0.25) is 0 Å². The Morgan fingerprint density at radius 1 is 1.13 bits per heavy atom. The van der Waals surface area contributed by atoms with Crippen LogP contribution in [0.1, 0.15) is 5.56 Å². The third-order valence-electron chi connectivity index (χ3n) is 3.23. The Bertz CT molecular complexity index is 787. The zero-order valence-corrected chi connectivity index (χ0v) is 14.8. The number of hydrogen-bond acceptors (Lipinski definition) is 3. The molecule has 2 rings (SSSR count). The van der Waals surface area contributed by atoms with E-state index in [2.05, 4.69) is 15.9 Å². The van der Waals surface area contributed by atoms with Gasteiger partial charge in [-0.1, -0.05) is 12.1 Å². The summed E-state index contributed by atoms with van der Waals surface area (Å²) in [5, 5.41) is 0. The lowest BCUT2D eigenvalue weighted by Gasteiger charge is -2.18. The summed E-state index contributed by atoms with van der Waals surface area (Å²) in [6.07, 6.45) is 0. The summed E-state index contributed by atoms with van der Waals surface area (Å²) in [7, 11) is -1.14. The van der Waals surface area contributed by atoms with Crippen molar-refractivity contribution in [1.82, 2.24) is 4.31 Å². The molecule has 0 aromatic heterocycles. The normalized spacial score (nSPS) is 11.7. The molecule has 124 valence electrons. The van der Waals surface area contributed by atoms with E-state index in [0.29, 0.717) is 5.75 Å². The summed E-state index contributed by atoms with van der Waals surface area (Å²) in [6, 6.07) is 8.41. The molecule has 0 saturated carbocycles. The molecule has 4 nitrogen and oxygen atoms in total. The maximum atomic E-state index is 13.6. The van der Waals surface area contributed by atoms with Gasteiger partial charge in [-0.2, -0.15) is 4.31 Å². The molecule has 2 aromatic carbocycles. The van der Waals surface area contributed by atoms with Crippen LogP contribution >= 0.6 is 15.9 Å². The number of rotatable bonds is 5. The van der Waals surface area contributed by atoms with Crippen LogP contribution in [0.15, 0.2) is 45.8 Å². The quantitative estimate of drug-likeness (QED) is 0.714. The number of ether oxygens (including phenoxy) is 1. The van der Waals surface area contributed by atoms with E-state index >= 15 is 0 Å². The maximum absolute atomic E-state index is 13.6. The van der Waals surface area contributed by atoms with E-state index < -0.39 is 31.0 Å². The minimum Gasteiger partial charge on any atom is -0.497 e. The molecular weight excluding hydrogens is 392 g/mol. The molecule has 0 unspecified atom stereocenters. The summed E-state index contributed by atoms with van der Waals surface area (Å²) >= 11 is 2.71. The highest BCUT2D eigenvalue weighted by atomic mass is 79.9. The van der Waals surface area contributed by atoms with Crippen LogP contribution in [0.3, 0.4) is 0 Å². The van der Waals surface area contributed by atoms with E-state index in [1.807, 2.05) is 0 Å². The monoisotopic (exact) mass is 405 g/mol. The van der Waals surface area contributed by atoms with E-state index in [-0.39, 0.29) is 6.54 Å². The lowest BCUT2D eigenvalue weighted by atomic mass is 10.2. The van der Waals surface area contributed by atoms with Gasteiger partial charge in [0, 0.05) is 13.6 Å². The first-order valence-electron chi connectivity index (χ1n) is 6.49. The Labute approximate surface area is 141 Å². The zero-order chi connectivity index (χ0) is 17.2. The highest BCUT2D eigenvalue weighted by molar-refractivity contribution is 9.10. The fourth-order valence-corrected chi connectivity index (χ4v) is 3.35. The van der Waals surface area contributed by atoms with Crippen molar-refractivity contribution < 1.29 is 21.9 Å². The highest BCUT2D eigenvalue weighted by Crippen LogP contribution is 2.25. The Hall–Kier alpha value is -1.51. The Morgan fingerprint density at radius 2 is 1.65 bits per heavy atom. The minimum atomic E-state index is -4.01. The second-order valence-corrected chi connectivity index (χ2v) is 7.65. The molecule has 0 fully saturated rings. The van der Waals surface area contributed by atoms with E-state index in [4.69, 9.17) is 4.74 Å². The van der Waals surface area contributed by atoms with Gasteiger partial charge >= 0.3 is 0 Å². The summed E-state index contributed by atoms with van der Waals surface area (Å²) in [4.78, 5) is -0.438. The average Bonchev–Trinajstić information content (AvgIpc) is 2.52. The predicted octanol–water partition coefficient (Wildman–Crippen LogP) is 3.56. The number of sulfonamides is 1. The second-order valence-electron chi connectivity index (χ2n) is 4.81. The van der Waals surface area contributed by atoms with Crippen LogP contribution in [-0.4, -0.2) is 26.9 Å². The number of methoxy groups -OCH3 is 1. The van der Waals surface area contributed by atoms with Gasteiger partial charge in [-0.3, -0.25) is 0 Å². The number of benzene rings is 2. The molecule has 8 heteroatoms. The molecule has 2 aromatic rings. The minimum absolute atomic E-state index is 0.0611. The fourth-order valence-electron chi connectivity index (χ4n) is 1.93. The summed E-state index contributed by atoms with van der Waals surface area (Å²) in [5.41, 5.74) is 0.718. The molecular formula is C15H14BrF2NO3S. The largest absolute Gasteiger partial charge is 0.497 e. The Balaban J connectivity index is 2.27. The Morgan fingerprint density at radius 3 is 2.13 bits per heavy atom. The fraction of sp³-hybridized carbons (Fsp3) is 0.200. The lowest BCUT2D eigenvalue weighted by molar-refractivity contribution is 0.414. The Kier molecular flexibility index (Phi) is 5.38. The topological polar surface area (TPSA) is 46.6 Å². The van der Waals surface area contributed by atoms with Crippen LogP contribution in [-0.2, 0) is 16.6 Å². The van der Waals surface area contributed by atoms with Gasteiger partial charge in [0.15, 0.2) is 0 Å². The lowest BCUT2D eigenvalue weighted by Crippen LogP contribution is -2.26. The SMILES string of the molecule is COc1ccc(CN(C)S(=O)(=O)c2cc(F)c(Br)c(F)c2)cc1. The number of hydrogen-bond donors (Lipinski definition) is 0. The van der Waals surface area contributed by atoms with Crippen molar-refractivity contribution in [1.29, 1.82) is 0 Å². The smallest absolute Gasteiger partial charge is 0.243 e. The van der Waals surface area contributed by atoms with Crippen molar-refractivity contribution in [3.8, 4) is 5.75 Å². The molecule has 0 amide bonds. The van der Waals surface area contributed by atoms with Crippen molar-refractivity contribution in [3.05, 3.63) is 58.1 Å².